The molecule has 3 aromatic heterocycles. The Kier molecular flexibility index (Phi) is 14.5. The van der Waals surface area contributed by atoms with Gasteiger partial charge in [-0.1, -0.05) is 30.4 Å². The number of ether oxygens (including phenoxy) is 3. The highest BCUT2D eigenvalue weighted by Crippen LogP contribution is 2.33. The summed E-state index contributed by atoms with van der Waals surface area (Å²) in [4.78, 5) is 65.3. The van der Waals surface area contributed by atoms with E-state index in [4.69, 9.17) is 30.7 Å². The lowest BCUT2D eigenvalue weighted by Gasteiger charge is -2.13. The third kappa shape index (κ3) is 10.7. The number of aliphatic imine (C=N–C) groups is 1. The number of aromatic nitrogens is 6. The lowest BCUT2D eigenvalue weighted by Crippen LogP contribution is -2.24. The number of nitrogens with two attached hydrogens (primary N) is 2. The van der Waals surface area contributed by atoms with Gasteiger partial charge in [-0.2, -0.15) is 5.10 Å². The maximum atomic E-state index is 13.8. The molecule has 0 saturated heterocycles. The van der Waals surface area contributed by atoms with Gasteiger partial charge >= 0.3 is 0 Å². The summed E-state index contributed by atoms with van der Waals surface area (Å²) in [5, 5.41) is 10.2. The van der Waals surface area contributed by atoms with E-state index >= 15 is 0 Å². The quantitative estimate of drug-likeness (QED) is 0.0418. The number of hydrogen-bond donors (Lipinski definition) is 4. The number of imidazole rings is 2. The molecule has 0 atom stereocenters. The largest absolute Gasteiger partial charge is 0.494 e. The van der Waals surface area contributed by atoms with Crippen LogP contribution in [0, 0.1) is 6.92 Å². The average molecular weight is 856 g/mol. The zero-order valence-electron chi connectivity index (χ0n) is 35.6. The summed E-state index contributed by atoms with van der Waals surface area (Å²) in [6.45, 7) is 8.63. The highest BCUT2D eigenvalue weighted by molar-refractivity contribution is 6.47. The van der Waals surface area contributed by atoms with Crippen LogP contribution in [0.1, 0.15) is 57.7 Å². The number of benzene rings is 3. The van der Waals surface area contributed by atoms with Gasteiger partial charge in [0.25, 0.3) is 11.8 Å². The molecule has 3 aromatic carbocycles. The number of carbonyl (C=O) groups is 4. The van der Waals surface area contributed by atoms with Gasteiger partial charge in [0.1, 0.15) is 59.2 Å². The number of anilines is 2. The fourth-order valence-electron chi connectivity index (χ4n) is 6.67. The number of fused-ring (bicyclic) bond motifs is 2. The lowest BCUT2D eigenvalue weighted by atomic mass is 10.1. The van der Waals surface area contributed by atoms with Crippen LogP contribution in [0.2, 0.25) is 0 Å². The summed E-state index contributed by atoms with van der Waals surface area (Å²) < 4.78 is 22.7. The summed E-state index contributed by atoms with van der Waals surface area (Å²) in [6, 6.07) is 17.3. The summed E-state index contributed by atoms with van der Waals surface area (Å²) in [6.07, 6.45) is 9.41. The number of amides is 3. The number of carbonyl (C=O) groups excluding carboxylic acids is 4. The van der Waals surface area contributed by atoms with Crippen LogP contribution in [0.5, 0.6) is 17.2 Å². The predicted octanol–water partition coefficient (Wildman–Crippen LogP) is 5.62. The Morgan fingerprint density at radius 1 is 0.825 bits per heavy atom. The van der Waals surface area contributed by atoms with Crippen LogP contribution in [-0.4, -0.2) is 85.5 Å². The average Bonchev–Trinajstić information content (AvgIpc) is 3.94. The molecule has 0 radical (unpaired) electrons. The number of nitrogens with zero attached hydrogens (tertiary/aromatic N) is 7. The van der Waals surface area contributed by atoms with Gasteiger partial charge in [0.05, 0.1) is 23.8 Å². The number of methoxy groups -OCH3 is 1. The summed E-state index contributed by atoms with van der Waals surface area (Å²) in [7, 11) is 1.47. The fraction of sp³-hybridized carbons (Fsp3) is 0.244. The van der Waals surface area contributed by atoms with Crippen LogP contribution in [0.3, 0.4) is 0 Å². The summed E-state index contributed by atoms with van der Waals surface area (Å²) in [5.74, 6) is 0.0150. The first-order valence-electron chi connectivity index (χ1n) is 20.1. The number of nitrogens with one attached hydrogen (secondary N) is 2. The van der Waals surface area contributed by atoms with E-state index in [1.165, 1.54) is 25.3 Å². The van der Waals surface area contributed by atoms with E-state index in [0.717, 1.165) is 5.75 Å². The lowest BCUT2D eigenvalue weighted by molar-refractivity contribution is -0.110. The third-order valence-electron chi connectivity index (χ3n) is 9.42. The minimum atomic E-state index is -0.690. The van der Waals surface area contributed by atoms with E-state index in [1.54, 1.807) is 58.9 Å². The van der Waals surface area contributed by atoms with Crippen molar-refractivity contribution in [3.63, 3.8) is 0 Å². The second kappa shape index (κ2) is 20.5. The van der Waals surface area contributed by atoms with Crippen molar-refractivity contribution in [2.75, 3.05) is 37.5 Å². The number of aryl methyl sites for hydroxylation is 2. The van der Waals surface area contributed by atoms with Gasteiger partial charge in [0.2, 0.25) is 17.8 Å². The van der Waals surface area contributed by atoms with Gasteiger partial charge in [-0.3, -0.25) is 39.5 Å². The Morgan fingerprint density at radius 2 is 1.48 bits per heavy atom. The molecule has 6 N–H and O–H groups in total. The van der Waals surface area contributed by atoms with Gasteiger partial charge in [-0.15, -0.1) is 0 Å². The van der Waals surface area contributed by atoms with Gasteiger partial charge in [0, 0.05) is 43.0 Å². The first kappa shape index (κ1) is 44.5. The number of allylic oxidation sites excluding steroid dienone is 3. The molecule has 3 amide bonds. The summed E-state index contributed by atoms with van der Waals surface area (Å²) >= 11 is 0. The van der Waals surface area contributed by atoms with Crippen molar-refractivity contribution in [1.82, 2.24) is 28.9 Å². The number of para-hydroxylation sites is 1. The van der Waals surface area contributed by atoms with E-state index in [2.05, 4.69) is 25.7 Å². The number of hydrogen-bond acceptors (Lipinski definition) is 12. The topological polar surface area (TPSA) is 238 Å². The van der Waals surface area contributed by atoms with Crippen molar-refractivity contribution in [2.24, 2.45) is 16.5 Å². The number of primary amides is 1. The Hall–Kier alpha value is -8.02. The van der Waals surface area contributed by atoms with Crippen LogP contribution >= 0.6 is 0 Å². The summed E-state index contributed by atoms with van der Waals surface area (Å²) in [5.41, 5.74) is 15.4. The van der Waals surface area contributed by atoms with Gasteiger partial charge in [-0.25, -0.2) is 9.97 Å². The third-order valence-corrected chi connectivity index (χ3v) is 9.42. The van der Waals surface area contributed by atoms with E-state index in [1.807, 2.05) is 55.5 Å². The first-order chi connectivity index (χ1) is 30.4. The van der Waals surface area contributed by atoms with Crippen LogP contribution < -0.4 is 36.3 Å². The van der Waals surface area contributed by atoms with Crippen molar-refractivity contribution >= 4 is 63.7 Å². The molecule has 0 spiro atoms. The van der Waals surface area contributed by atoms with E-state index < -0.39 is 17.7 Å². The Bertz CT molecular complexity index is 2770. The Balaban J connectivity index is 1.37. The SMILES string of the molecule is CCN=C(/C=C(/C)N)C(=O)Nc1nc2cc(C=O)cc(OC)c2n1C/C=C/Cn1c(NC(=O)c2cc(C)nn2CC)nc2cc(C(N)=O)cc(OC/C=C/COc3ccccc3)c21. The van der Waals surface area contributed by atoms with Crippen LogP contribution in [-0.2, 0) is 24.4 Å². The monoisotopic (exact) mass is 855 g/mol. The van der Waals surface area contributed by atoms with Crippen LogP contribution in [0.25, 0.3) is 22.1 Å². The van der Waals surface area contributed by atoms with Crippen molar-refractivity contribution in [3.05, 3.63) is 119 Å². The Morgan fingerprint density at radius 3 is 2.10 bits per heavy atom. The molecule has 18 nitrogen and oxygen atoms in total. The molecule has 0 fully saturated rings. The molecule has 18 heteroatoms. The van der Waals surface area contributed by atoms with Crippen molar-refractivity contribution in [3.8, 4) is 17.2 Å². The number of rotatable bonds is 20. The normalized spacial score (nSPS) is 12.1. The molecule has 0 bridgehead atoms. The maximum absolute atomic E-state index is 13.8. The van der Waals surface area contributed by atoms with Crippen LogP contribution in [0.4, 0.5) is 11.9 Å². The molecular weight excluding hydrogens is 807 g/mol. The van der Waals surface area contributed by atoms with Crippen molar-refractivity contribution in [2.45, 2.75) is 47.3 Å². The Labute approximate surface area is 362 Å². The molecule has 0 saturated carbocycles. The predicted molar refractivity (Wildman–Crippen MR) is 241 cm³/mol. The molecule has 3 heterocycles. The molecule has 0 aliphatic rings. The smallest absolute Gasteiger partial charge is 0.276 e. The van der Waals surface area contributed by atoms with Gasteiger partial charge in [-0.05, 0) is 88.4 Å². The van der Waals surface area contributed by atoms with E-state index in [-0.39, 0.29) is 42.9 Å². The zero-order valence-corrected chi connectivity index (χ0v) is 35.6. The highest BCUT2D eigenvalue weighted by atomic mass is 16.5. The highest BCUT2D eigenvalue weighted by Gasteiger charge is 2.23. The zero-order chi connectivity index (χ0) is 45.0. The molecule has 6 rings (SSSR count). The number of aldehydes is 1. The fourth-order valence-corrected chi connectivity index (χ4v) is 6.67. The van der Waals surface area contributed by atoms with E-state index in [0.29, 0.717) is 82.2 Å². The molecular formula is C45H49N11O7. The molecule has 0 unspecified atom stereocenters. The second-order valence-corrected chi connectivity index (χ2v) is 14.0. The molecule has 6 aromatic rings. The van der Waals surface area contributed by atoms with Gasteiger partial charge < -0.3 is 34.8 Å². The first-order valence-corrected chi connectivity index (χ1v) is 20.1. The molecule has 0 aliphatic carbocycles. The maximum Gasteiger partial charge on any atom is 0.276 e. The second-order valence-electron chi connectivity index (χ2n) is 14.0. The van der Waals surface area contributed by atoms with Crippen molar-refractivity contribution in [1.29, 1.82) is 0 Å². The minimum absolute atomic E-state index is 0.105. The van der Waals surface area contributed by atoms with Crippen molar-refractivity contribution < 1.29 is 33.4 Å². The molecule has 63 heavy (non-hydrogen) atoms. The molecule has 326 valence electrons. The van der Waals surface area contributed by atoms with Crippen LogP contribution in [0.15, 0.2) is 102 Å². The minimum Gasteiger partial charge on any atom is -0.494 e. The van der Waals surface area contributed by atoms with Gasteiger partial charge in [0.15, 0.2) is 0 Å². The molecule has 0 aliphatic heterocycles. The van der Waals surface area contributed by atoms with E-state index in [9.17, 15) is 19.2 Å². The standard InChI is InChI=1S/C45H49N11O7/c1-6-48-35(21-28(3)46)42(59)51-44-49-33-23-30(27-57)24-37(61-5)39(33)54(44)17-11-12-18-55-40-34(50-45(55)52-43(60)36-22-29(4)53-56(36)7-2)25-31(41(47)58)26-38(40)63-20-14-13-19-62-32-15-9-8-10-16-32/h8-16,21-27H,6-7,17-20,46H2,1-5H3,(H2,47,58)(H,49,51,59)(H,50,52,60)/b12-11+,14-13+,28-21-,48-35?.